The third-order valence-electron chi connectivity index (χ3n) is 4.48. The second-order valence-corrected chi connectivity index (χ2v) is 5.85. The van der Waals surface area contributed by atoms with E-state index < -0.39 is 17.5 Å². The minimum Gasteiger partial charge on any atom is -0.481 e. The van der Waals surface area contributed by atoms with E-state index in [1.165, 1.54) is 7.11 Å². The zero-order valence-electron chi connectivity index (χ0n) is 14.4. The van der Waals surface area contributed by atoms with Crippen molar-refractivity contribution in [3.63, 3.8) is 0 Å². The van der Waals surface area contributed by atoms with E-state index in [0.29, 0.717) is 12.0 Å². The Morgan fingerprint density at radius 2 is 1.64 bits per heavy atom. The molecule has 0 bridgehead atoms. The highest BCUT2D eigenvalue weighted by Gasteiger charge is 2.39. The smallest absolute Gasteiger partial charge is 0.315 e. The first-order valence-electron chi connectivity index (χ1n) is 8.19. The zero-order chi connectivity index (χ0) is 18.3. The van der Waals surface area contributed by atoms with Gasteiger partial charge in [0.05, 0.1) is 0 Å². The van der Waals surface area contributed by atoms with Gasteiger partial charge in [0.2, 0.25) is 0 Å². The molecular formula is C20H23NO4. The summed E-state index contributed by atoms with van der Waals surface area (Å²) in [6.45, 7) is 1.80. The number of carbonyl (C=O) groups excluding carboxylic acids is 1. The molecule has 0 aliphatic heterocycles. The summed E-state index contributed by atoms with van der Waals surface area (Å²) in [4.78, 5) is 24.6. The third kappa shape index (κ3) is 4.06. The molecule has 0 spiro atoms. The second kappa shape index (κ2) is 8.44. The maximum absolute atomic E-state index is 12.6. The Morgan fingerprint density at radius 3 is 2.12 bits per heavy atom. The number of ether oxygens (including phenoxy) is 1. The molecule has 2 atom stereocenters. The van der Waals surface area contributed by atoms with Crippen LogP contribution in [0.1, 0.15) is 30.6 Å². The molecule has 2 aromatic carbocycles. The molecule has 0 fully saturated rings. The van der Waals surface area contributed by atoms with E-state index in [4.69, 9.17) is 4.74 Å². The number of nitrogens with one attached hydrogen (secondary N) is 1. The highest BCUT2D eigenvalue weighted by molar-refractivity contribution is 5.85. The minimum atomic E-state index is -1.17. The van der Waals surface area contributed by atoms with E-state index in [1.54, 1.807) is 43.3 Å². The predicted molar refractivity (Wildman–Crippen MR) is 95.2 cm³/mol. The number of carbonyl (C=O) groups is 2. The Morgan fingerprint density at radius 1 is 1.08 bits per heavy atom. The van der Waals surface area contributed by atoms with Crippen LogP contribution in [0.25, 0.3) is 0 Å². The van der Waals surface area contributed by atoms with Crippen LogP contribution in [0.2, 0.25) is 0 Å². The largest absolute Gasteiger partial charge is 0.481 e. The van der Waals surface area contributed by atoms with Crippen LogP contribution in [0, 0.1) is 0 Å². The van der Waals surface area contributed by atoms with Gasteiger partial charge < -0.3 is 15.2 Å². The molecule has 0 radical (unpaired) electrons. The van der Waals surface area contributed by atoms with E-state index in [9.17, 15) is 14.7 Å². The van der Waals surface area contributed by atoms with Gasteiger partial charge in [0.1, 0.15) is 5.41 Å². The number of methoxy groups -OCH3 is 1. The van der Waals surface area contributed by atoms with Gasteiger partial charge in [-0.25, -0.2) is 0 Å². The first-order valence-corrected chi connectivity index (χ1v) is 8.19. The van der Waals surface area contributed by atoms with Gasteiger partial charge in [-0.2, -0.15) is 0 Å². The molecule has 0 aliphatic rings. The van der Waals surface area contributed by atoms with Crippen molar-refractivity contribution in [2.45, 2.75) is 24.9 Å². The average Bonchev–Trinajstić information content (AvgIpc) is 2.65. The van der Waals surface area contributed by atoms with Gasteiger partial charge in [0, 0.05) is 13.7 Å². The zero-order valence-corrected chi connectivity index (χ0v) is 14.4. The summed E-state index contributed by atoms with van der Waals surface area (Å²) in [5, 5.41) is 12.6. The number of carboxylic acids is 1. The van der Waals surface area contributed by atoms with Crippen molar-refractivity contribution in [2.24, 2.45) is 0 Å². The van der Waals surface area contributed by atoms with Crippen molar-refractivity contribution in [1.29, 1.82) is 0 Å². The fourth-order valence-corrected chi connectivity index (χ4v) is 2.89. The predicted octanol–water partition coefficient (Wildman–Crippen LogP) is 2.92. The summed E-state index contributed by atoms with van der Waals surface area (Å²) >= 11 is 0. The van der Waals surface area contributed by atoms with E-state index in [1.807, 2.05) is 24.3 Å². The lowest BCUT2D eigenvalue weighted by molar-refractivity contribution is -0.144. The fraction of sp³-hybridized carbons (Fsp3) is 0.300. The van der Waals surface area contributed by atoms with Crippen LogP contribution in [0.15, 0.2) is 60.7 Å². The summed E-state index contributed by atoms with van der Waals surface area (Å²) in [5.74, 6) is -1.32. The molecule has 0 aromatic heterocycles. The number of hydrogen-bond donors (Lipinski definition) is 2. The van der Waals surface area contributed by atoms with Crippen LogP contribution in [-0.2, 0) is 19.7 Å². The Bertz CT molecular complexity index is 702. The van der Waals surface area contributed by atoms with Crippen LogP contribution in [0.3, 0.4) is 0 Å². The van der Waals surface area contributed by atoms with E-state index in [0.717, 1.165) is 5.56 Å². The molecule has 1 amide bonds. The van der Waals surface area contributed by atoms with Crippen molar-refractivity contribution in [3.05, 3.63) is 71.8 Å². The Kier molecular flexibility index (Phi) is 6.31. The fourth-order valence-electron chi connectivity index (χ4n) is 2.89. The SMILES string of the molecule is CCC(CNC(=O)[C@H](OC)c1ccccc1)(C(=O)O)c1ccccc1. The molecule has 2 aromatic rings. The molecule has 25 heavy (non-hydrogen) atoms. The van der Waals surface area contributed by atoms with Crippen LogP contribution >= 0.6 is 0 Å². The molecule has 0 saturated heterocycles. The Balaban J connectivity index is 2.20. The van der Waals surface area contributed by atoms with Crippen LogP contribution in [0.5, 0.6) is 0 Å². The van der Waals surface area contributed by atoms with Crippen molar-refractivity contribution >= 4 is 11.9 Å². The molecule has 1 unspecified atom stereocenters. The Labute approximate surface area is 147 Å². The quantitative estimate of drug-likeness (QED) is 0.774. The third-order valence-corrected chi connectivity index (χ3v) is 4.48. The number of aliphatic carboxylic acids is 1. The van der Waals surface area contributed by atoms with E-state index in [-0.39, 0.29) is 12.5 Å². The topological polar surface area (TPSA) is 75.6 Å². The van der Waals surface area contributed by atoms with Gasteiger partial charge in [-0.15, -0.1) is 0 Å². The standard InChI is InChI=1S/C20H23NO4/c1-3-20(19(23)24,16-12-8-5-9-13-16)14-21-18(22)17(25-2)15-10-6-4-7-11-15/h4-13,17H,3,14H2,1-2H3,(H,21,22)(H,23,24)/t17-,20?/m1/s1. The van der Waals surface area contributed by atoms with Gasteiger partial charge in [0.25, 0.3) is 5.91 Å². The average molecular weight is 341 g/mol. The van der Waals surface area contributed by atoms with Crippen LogP contribution in [0.4, 0.5) is 0 Å². The number of carboxylic acid groups (broad SMARTS) is 1. The first kappa shape index (κ1) is 18.7. The van der Waals surface area contributed by atoms with Gasteiger partial charge in [-0.3, -0.25) is 9.59 Å². The number of hydrogen-bond acceptors (Lipinski definition) is 3. The molecule has 2 N–H and O–H groups in total. The lowest BCUT2D eigenvalue weighted by Gasteiger charge is -2.29. The molecule has 0 aliphatic carbocycles. The Hall–Kier alpha value is -2.66. The summed E-state index contributed by atoms with van der Waals surface area (Å²) in [7, 11) is 1.46. The summed E-state index contributed by atoms with van der Waals surface area (Å²) in [6.07, 6.45) is -0.421. The lowest BCUT2D eigenvalue weighted by Crippen LogP contribution is -2.47. The molecular weight excluding hydrogens is 318 g/mol. The van der Waals surface area contributed by atoms with Crippen molar-refractivity contribution in [2.75, 3.05) is 13.7 Å². The summed E-state index contributed by atoms with van der Waals surface area (Å²) in [6, 6.07) is 18.1. The number of benzene rings is 2. The van der Waals surface area contributed by atoms with Crippen molar-refractivity contribution in [1.82, 2.24) is 5.32 Å². The lowest BCUT2D eigenvalue weighted by atomic mass is 9.78. The highest BCUT2D eigenvalue weighted by atomic mass is 16.5. The van der Waals surface area contributed by atoms with Gasteiger partial charge in [-0.05, 0) is 17.5 Å². The van der Waals surface area contributed by atoms with Gasteiger partial charge in [0.15, 0.2) is 6.10 Å². The second-order valence-electron chi connectivity index (χ2n) is 5.85. The maximum Gasteiger partial charge on any atom is 0.315 e. The molecule has 132 valence electrons. The van der Waals surface area contributed by atoms with E-state index >= 15 is 0 Å². The number of rotatable bonds is 8. The summed E-state index contributed by atoms with van der Waals surface area (Å²) < 4.78 is 5.30. The van der Waals surface area contributed by atoms with Crippen LogP contribution in [-0.4, -0.2) is 30.6 Å². The van der Waals surface area contributed by atoms with Crippen molar-refractivity contribution in [3.8, 4) is 0 Å². The van der Waals surface area contributed by atoms with Gasteiger partial charge in [-0.1, -0.05) is 67.6 Å². The molecule has 5 heteroatoms. The van der Waals surface area contributed by atoms with Crippen molar-refractivity contribution < 1.29 is 19.4 Å². The molecule has 0 saturated carbocycles. The molecule has 5 nitrogen and oxygen atoms in total. The monoisotopic (exact) mass is 341 g/mol. The normalized spacial score (nSPS) is 14.3. The summed E-state index contributed by atoms with van der Waals surface area (Å²) in [5.41, 5.74) is 0.213. The van der Waals surface area contributed by atoms with Crippen LogP contribution < -0.4 is 5.32 Å². The van der Waals surface area contributed by atoms with E-state index in [2.05, 4.69) is 5.32 Å². The first-order chi connectivity index (χ1) is 12.0. The minimum absolute atomic E-state index is 0.00558. The maximum atomic E-state index is 12.6. The van der Waals surface area contributed by atoms with Gasteiger partial charge >= 0.3 is 5.97 Å². The highest BCUT2D eigenvalue weighted by Crippen LogP contribution is 2.28. The molecule has 0 heterocycles. The number of amides is 1. The molecule has 2 rings (SSSR count).